The highest BCUT2D eigenvalue weighted by Crippen LogP contribution is 2.63. The van der Waals surface area contributed by atoms with Crippen LogP contribution in [0.1, 0.15) is 22.3 Å². The van der Waals surface area contributed by atoms with Crippen LogP contribution in [0.5, 0.6) is 0 Å². The smallest absolute Gasteiger partial charge is 0.0736 e. The lowest BCUT2D eigenvalue weighted by Crippen LogP contribution is -2.32. The third kappa shape index (κ3) is 3.58. The first-order valence-corrected chi connectivity index (χ1v) is 17.3. The van der Waals surface area contributed by atoms with Crippen molar-refractivity contribution >= 4 is 60.3 Å². The van der Waals surface area contributed by atoms with Crippen LogP contribution in [0.15, 0.2) is 174 Å². The first kappa shape index (κ1) is 26.2. The van der Waals surface area contributed by atoms with Crippen molar-refractivity contribution in [2.45, 2.75) is 15.2 Å². The summed E-state index contributed by atoms with van der Waals surface area (Å²) in [7, 11) is 0. The second kappa shape index (κ2) is 9.95. The minimum absolute atomic E-state index is 0.449. The number of hydrogen-bond acceptors (Lipinski definition) is 3. The van der Waals surface area contributed by atoms with Crippen molar-refractivity contribution in [3.05, 3.63) is 186 Å². The monoisotopic (exact) mass is 621 g/mol. The molecule has 216 valence electrons. The van der Waals surface area contributed by atoms with Gasteiger partial charge >= 0.3 is 0 Å². The lowest BCUT2D eigenvalue weighted by atomic mass is 9.67. The van der Waals surface area contributed by atoms with Crippen molar-refractivity contribution in [3.63, 3.8) is 0 Å². The Morgan fingerprint density at radius 2 is 1.04 bits per heavy atom. The predicted octanol–water partition coefficient (Wildman–Crippen LogP) is 12.4. The highest BCUT2D eigenvalue weighted by molar-refractivity contribution is 7.99. The van der Waals surface area contributed by atoms with Crippen LogP contribution >= 0.6 is 23.1 Å². The molecule has 2 heterocycles. The molecule has 0 saturated carbocycles. The third-order valence-electron chi connectivity index (χ3n) is 9.71. The fraction of sp³-hybridized carbons (Fsp3) is 0.0233. The quantitative estimate of drug-likeness (QED) is 0.193. The summed E-state index contributed by atoms with van der Waals surface area (Å²) >= 11 is 3.82. The van der Waals surface area contributed by atoms with Crippen molar-refractivity contribution in [2.24, 2.45) is 0 Å². The largest absolute Gasteiger partial charge is 0.310 e. The zero-order valence-corrected chi connectivity index (χ0v) is 26.5. The number of hydrogen-bond donors (Lipinski definition) is 0. The summed E-state index contributed by atoms with van der Waals surface area (Å²) in [4.78, 5) is 5.05. The Labute approximate surface area is 276 Å². The minimum atomic E-state index is -0.449. The van der Waals surface area contributed by atoms with E-state index in [-0.39, 0.29) is 0 Å². The Morgan fingerprint density at radius 1 is 0.391 bits per heavy atom. The second-order valence-corrected chi connectivity index (χ2v) is 14.2. The lowest BCUT2D eigenvalue weighted by Gasteiger charge is -2.40. The van der Waals surface area contributed by atoms with Crippen LogP contribution in [0.4, 0.5) is 17.1 Å². The molecule has 0 saturated heterocycles. The molecule has 0 amide bonds. The Kier molecular flexibility index (Phi) is 5.66. The summed E-state index contributed by atoms with van der Waals surface area (Å²) in [6, 6.07) is 60.6. The summed E-state index contributed by atoms with van der Waals surface area (Å²) in [5.41, 5.74) is 11.1. The van der Waals surface area contributed by atoms with Gasteiger partial charge in [0.25, 0.3) is 0 Å². The van der Waals surface area contributed by atoms with Crippen molar-refractivity contribution in [1.29, 1.82) is 0 Å². The molecule has 7 aromatic carbocycles. The van der Waals surface area contributed by atoms with Gasteiger partial charge in [-0.3, -0.25) is 0 Å². The van der Waals surface area contributed by atoms with Gasteiger partial charge in [0.2, 0.25) is 0 Å². The number of para-hydroxylation sites is 2. The molecule has 2 aliphatic rings. The Hall–Kier alpha value is -5.09. The molecule has 1 spiro atoms. The van der Waals surface area contributed by atoms with E-state index < -0.39 is 5.41 Å². The first-order valence-electron chi connectivity index (χ1n) is 15.7. The van der Waals surface area contributed by atoms with E-state index in [1.807, 2.05) is 23.1 Å². The van der Waals surface area contributed by atoms with Gasteiger partial charge in [-0.25, -0.2) is 0 Å². The zero-order chi connectivity index (χ0) is 30.2. The van der Waals surface area contributed by atoms with Crippen LogP contribution in [0.3, 0.4) is 0 Å². The van der Waals surface area contributed by atoms with E-state index in [9.17, 15) is 0 Å². The molecule has 46 heavy (non-hydrogen) atoms. The van der Waals surface area contributed by atoms with Crippen molar-refractivity contribution in [3.8, 4) is 11.1 Å². The van der Waals surface area contributed by atoms with Crippen molar-refractivity contribution in [2.75, 3.05) is 4.90 Å². The van der Waals surface area contributed by atoms with Gasteiger partial charge in [-0.1, -0.05) is 115 Å². The number of fused-ring (bicyclic) bond motifs is 12. The van der Waals surface area contributed by atoms with E-state index >= 15 is 0 Å². The molecule has 0 fully saturated rings. The van der Waals surface area contributed by atoms with Gasteiger partial charge in [-0.15, -0.1) is 11.3 Å². The molecule has 1 aromatic heterocycles. The third-order valence-corrected chi connectivity index (χ3v) is 12.0. The molecule has 1 atom stereocenters. The van der Waals surface area contributed by atoms with Crippen LogP contribution in [-0.4, -0.2) is 0 Å². The fourth-order valence-corrected chi connectivity index (χ4v) is 10.3. The number of rotatable bonds is 3. The maximum absolute atomic E-state index is 2.52. The van der Waals surface area contributed by atoms with Crippen LogP contribution in [-0.2, 0) is 5.41 Å². The van der Waals surface area contributed by atoms with Crippen molar-refractivity contribution in [1.82, 2.24) is 0 Å². The summed E-state index contributed by atoms with van der Waals surface area (Å²) in [6.07, 6.45) is 0. The molecule has 1 aliphatic carbocycles. The maximum Gasteiger partial charge on any atom is 0.0736 e. The summed E-state index contributed by atoms with van der Waals surface area (Å²) in [5.74, 6) is 0. The standard InChI is InChI=1S/C43H27NS2/c1-3-13-28(14-4-1)44(29-15-5-2-6-16-29)30-23-24-32-31-17-7-9-19-35(31)43(37(32)25-30)36-20-10-12-22-40(36)46-42-27-41-34(26-38(42)43)33-18-8-11-21-39(33)45-41/h1-27H. The molecule has 8 aromatic rings. The average Bonchev–Trinajstić information content (AvgIpc) is 3.62. The topological polar surface area (TPSA) is 3.24 Å². The number of nitrogens with zero attached hydrogens (tertiary/aromatic N) is 1. The summed E-state index contributed by atoms with van der Waals surface area (Å²) in [5, 5.41) is 2.68. The summed E-state index contributed by atoms with van der Waals surface area (Å²) in [6.45, 7) is 0. The van der Waals surface area contributed by atoms with Gasteiger partial charge in [0.15, 0.2) is 0 Å². The van der Waals surface area contributed by atoms with Gasteiger partial charge in [-0.2, -0.15) is 0 Å². The Balaban J connectivity index is 1.32. The SMILES string of the molecule is c1ccc(N(c2ccccc2)c2ccc3c(c2)C2(c4ccccc4Sc4cc5sc6ccccc6c5cc42)c2ccccc2-3)cc1. The van der Waals surface area contributed by atoms with E-state index in [0.717, 1.165) is 17.1 Å². The van der Waals surface area contributed by atoms with Crippen LogP contribution < -0.4 is 4.90 Å². The van der Waals surface area contributed by atoms with Crippen molar-refractivity contribution < 1.29 is 0 Å². The highest BCUT2D eigenvalue weighted by atomic mass is 32.2. The molecule has 1 unspecified atom stereocenters. The van der Waals surface area contributed by atoms with Crippen LogP contribution in [0.2, 0.25) is 0 Å². The lowest BCUT2D eigenvalue weighted by molar-refractivity contribution is 0.724. The van der Waals surface area contributed by atoms with E-state index in [1.54, 1.807) is 0 Å². The Morgan fingerprint density at radius 3 is 1.85 bits per heavy atom. The second-order valence-electron chi connectivity index (χ2n) is 12.1. The Bertz CT molecular complexity index is 2420. The molecule has 0 radical (unpaired) electrons. The molecule has 0 N–H and O–H groups in total. The minimum Gasteiger partial charge on any atom is -0.310 e. The van der Waals surface area contributed by atoms with Gasteiger partial charge < -0.3 is 4.90 Å². The molecule has 0 bridgehead atoms. The summed E-state index contributed by atoms with van der Waals surface area (Å²) < 4.78 is 2.69. The molecular formula is C43H27NS2. The van der Waals surface area contributed by atoms with E-state index in [1.165, 1.54) is 63.3 Å². The highest BCUT2D eigenvalue weighted by Gasteiger charge is 2.50. The van der Waals surface area contributed by atoms with Gasteiger partial charge in [0, 0.05) is 47.0 Å². The molecule has 1 aliphatic heterocycles. The maximum atomic E-state index is 2.52. The number of anilines is 3. The molecule has 1 nitrogen and oxygen atoms in total. The van der Waals surface area contributed by atoms with Gasteiger partial charge in [0.05, 0.1) is 5.41 Å². The molecule has 10 rings (SSSR count). The zero-order valence-electron chi connectivity index (χ0n) is 24.9. The van der Waals surface area contributed by atoms with Gasteiger partial charge in [0.1, 0.15) is 0 Å². The molecule has 3 heteroatoms. The van der Waals surface area contributed by atoms with Crippen LogP contribution in [0.25, 0.3) is 31.3 Å². The van der Waals surface area contributed by atoms with E-state index in [0.29, 0.717) is 0 Å². The van der Waals surface area contributed by atoms with E-state index in [2.05, 4.69) is 169 Å². The molecular weight excluding hydrogens is 595 g/mol. The van der Waals surface area contributed by atoms with Gasteiger partial charge in [-0.05, 0) is 94.0 Å². The first-order chi connectivity index (χ1) is 22.8. The fourth-order valence-electron chi connectivity index (χ4n) is 7.85. The van der Waals surface area contributed by atoms with Crippen LogP contribution in [0, 0.1) is 0 Å². The normalized spacial score (nSPS) is 15.8. The number of benzene rings is 7. The predicted molar refractivity (Wildman–Crippen MR) is 195 cm³/mol. The number of thiophene rings is 1. The van der Waals surface area contributed by atoms with E-state index in [4.69, 9.17) is 0 Å². The average molecular weight is 622 g/mol.